The lowest BCUT2D eigenvalue weighted by atomic mass is 9.64. The van der Waals surface area contributed by atoms with Gasteiger partial charge in [0.1, 0.15) is 17.3 Å². The second-order valence-electron chi connectivity index (χ2n) is 10.8. The number of fused-ring (bicyclic) bond motifs is 5. The molecule has 208 valence electrons. The van der Waals surface area contributed by atoms with E-state index in [4.69, 9.17) is 0 Å². The lowest BCUT2D eigenvalue weighted by molar-refractivity contribution is -0.137. The summed E-state index contributed by atoms with van der Waals surface area (Å²) in [4.78, 5) is 45.3. The number of ketones is 3. The van der Waals surface area contributed by atoms with Crippen LogP contribution < -0.4 is 4.90 Å². The third-order valence-corrected chi connectivity index (χ3v) is 8.71. The van der Waals surface area contributed by atoms with E-state index in [-0.39, 0.29) is 22.3 Å². The van der Waals surface area contributed by atoms with Gasteiger partial charge in [-0.25, -0.2) is 4.39 Å². The standard InChI is InChI=1S/C34H21F4NO3/c35-23-16-11-21(12-17-23)30(40)29-28(20-9-14-22(15-10-20)34(36,37)38)33(31(41)24-6-2-3-7-25(24)32(33)42)27-18-13-19-5-1-4-8-26(19)39(27)29/h1-18,27-29H/t27-,28+,29-/m1/s1. The van der Waals surface area contributed by atoms with Gasteiger partial charge >= 0.3 is 6.18 Å². The van der Waals surface area contributed by atoms with Gasteiger partial charge < -0.3 is 4.90 Å². The number of alkyl halides is 3. The summed E-state index contributed by atoms with van der Waals surface area (Å²) in [7, 11) is 0. The summed E-state index contributed by atoms with van der Waals surface area (Å²) in [6.45, 7) is 0. The molecule has 2 heterocycles. The Morgan fingerprint density at radius 3 is 1.98 bits per heavy atom. The van der Waals surface area contributed by atoms with Crippen molar-refractivity contribution in [3.8, 4) is 0 Å². The minimum atomic E-state index is -4.61. The molecule has 0 N–H and O–H groups in total. The zero-order valence-corrected chi connectivity index (χ0v) is 21.8. The van der Waals surface area contributed by atoms with Crippen molar-refractivity contribution < 1.29 is 31.9 Å². The number of para-hydroxylation sites is 1. The predicted octanol–water partition coefficient (Wildman–Crippen LogP) is 7.16. The molecule has 1 saturated heterocycles. The van der Waals surface area contributed by atoms with Crippen LogP contribution in [-0.2, 0) is 6.18 Å². The average Bonchev–Trinajstić information content (AvgIpc) is 3.43. The van der Waals surface area contributed by atoms with Crippen molar-refractivity contribution in [2.45, 2.75) is 24.2 Å². The topological polar surface area (TPSA) is 54.5 Å². The SMILES string of the molecule is O=C(c1ccc(F)cc1)[C@H]1[C@H](c2ccc(C(F)(F)F)cc2)C2(C(=O)c3ccccc3C2=O)[C@H]2C=Cc3ccccc3N12. The van der Waals surface area contributed by atoms with Crippen LogP contribution in [0, 0.1) is 11.2 Å². The highest BCUT2D eigenvalue weighted by Crippen LogP contribution is 2.61. The predicted molar refractivity (Wildman–Crippen MR) is 148 cm³/mol. The Labute approximate surface area is 237 Å². The normalized spacial score (nSPS) is 21.8. The summed E-state index contributed by atoms with van der Waals surface area (Å²) < 4.78 is 54.5. The molecule has 8 heteroatoms. The minimum absolute atomic E-state index is 0.150. The van der Waals surface area contributed by atoms with Crippen molar-refractivity contribution in [1.82, 2.24) is 0 Å². The van der Waals surface area contributed by atoms with Gasteiger partial charge in [-0.1, -0.05) is 66.7 Å². The molecule has 3 atom stereocenters. The Hall–Kier alpha value is -4.85. The molecule has 4 nitrogen and oxygen atoms in total. The molecule has 1 spiro atoms. The van der Waals surface area contributed by atoms with Gasteiger partial charge in [-0.15, -0.1) is 0 Å². The summed E-state index contributed by atoms with van der Waals surface area (Å²) in [6, 6.07) is 20.8. The largest absolute Gasteiger partial charge is 0.416 e. The molecule has 0 radical (unpaired) electrons. The zero-order valence-electron chi connectivity index (χ0n) is 21.8. The smallest absolute Gasteiger partial charge is 0.352 e. The average molecular weight is 568 g/mol. The fraction of sp³-hybridized carbons (Fsp3) is 0.147. The second kappa shape index (κ2) is 9.08. The van der Waals surface area contributed by atoms with Crippen LogP contribution >= 0.6 is 0 Å². The van der Waals surface area contributed by atoms with Gasteiger partial charge in [0.25, 0.3) is 0 Å². The molecule has 2 aliphatic heterocycles. The Morgan fingerprint density at radius 2 is 1.36 bits per heavy atom. The molecule has 3 aliphatic rings. The number of halogens is 4. The lowest BCUT2D eigenvalue weighted by Crippen LogP contribution is -2.48. The van der Waals surface area contributed by atoms with Crippen LogP contribution in [0.5, 0.6) is 0 Å². The molecule has 42 heavy (non-hydrogen) atoms. The highest BCUT2D eigenvalue weighted by atomic mass is 19.4. The lowest BCUT2D eigenvalue weighted by Gasteiger charge is -2.37. The first-order valence-corrected chi connectivity index (χ1v) is 13.3. The van der Waals surface area contributed by atoms with E-state index < -0.39 is 58.3 Å². The monoisotopic (exact) mass is 567 g/mol. The first kappa shape index (κ1) is 26.1. The molecule has 0 saturated carbocycles. The van der Waals surface area contributed by atoms with Crippen molar-refractivity contribution >= 4 is 29.1 Å². The summed E-state index contributed by atoms with van der Waals surface area (Å²) in [5.74, 6) is -3.16. The van der Waals surface area contributed by atoms with Gasteiger partial charge in [0.15, 0.2) is 17.3 Å². The van der Waals surface area contributed by atoms with Crippen molar-refractivity contribution in [2.24, 2.45) is 5.41 Å². The first-order valence-electron chi connectivity index (χ1n) is 13.3. The van der Waals surface area contributed by atoms with Crippen LogP contribution in [0.4, 0.5) is 23.2 Å². The zero-order chi connectivity index (χ0) is 29.4. The van der Waals surface area contributed by atoms with E-state index in [1.807, 2.05) is 12.1 Å². The van der Waals surface area contributed by atoms with Gasteiger partial charge in [0.2, 0.25) is 0 Å². The number of rotatable bonds is 3. The van der Waals surface area contributed by atoms with Crippen LogP contribution in [0.3, 0.4) is 0 Å². The Balaban J connectivity index is 1.53. The third-order valence-electron chi connectivity index (χ3n) is 8.71. The third kappa shape index (κ3) is 3.50. The molecule has 4 aromatic rings. The van der Waals surface area contributed by atoms with Crippen LogP contribution in [0.1, 0.15) is 53.7 Å². The van der Waals surface area contributed by atoms with Crippen LogP contribution in [0.15, 0.2) is 103 Å². The molecule has 1 fully saturated rings. The van der Waals surface area contributed by atoms with Crippen molar-refractivity contribution in [3.63, 3.8) is 0 Å². The fourth-order valence-corrected chi connectivity index (χ4v) is 6.95. The van der Waals surface area contributed by atoms with Crippen molar-refractivity contribution in [2.75, 3.05) is 4.90 Å². The van der Waals surface area contributed by atoms with Crippen molar-refractivity contribution in [1.29, 1.82) is 0 Å². The molecule has 1 aliphatic carbocycles. The quantitative estimate of drug-likeness (QED) is 0.150. The van der Waals surface area contributed by atoms with E-state index in [2.05, 4.69) is 0 Å². The Morgan fingerprint density at radius 1 is 0.762 bits per heavy atom. The maximum Gasteiger partial charge on any atom is 0.416 e. The highest BCUT2D eigenvalue weighted by molar-refractivity contribution is 6.32. The number of benzene rings is 4. The summed E-state index contributed by atoms with van der Waals surface area (Å²) in [6.07, 6.45) is -1.07. The van der Waals surface area contributed by atoms with E-state index >= 15 is 0 Å². The summed E-state index contributed by atoms with van der Waals surface area (Å²) >= 11 is 0. The van der Waals surface area contributed by atoms with Crippen molar-refractivity contribution in [3.05, 3.63) is 142 Å². The van der Waals surface area contributed by atoms with E-state index in [9.17, 15) is 31.9 Å². The van der Waals surface area contributed by atoms with E-state index in [1.165, 1.54) is 24.3 Å². The molecule has 0 amide bonds. The number of carbonyl (C=O) groups excluding carboxylic acids is 3. The number of nitrogens with zero attached hydrogens (tertiary/aromatic N) is 1. The van der Waals surface area contributed by atoms with E-state index in [0.717, 1.165) is 29.8 Å². The van der Waals surface area contributed by atoms with Gasteiger partial charge in [-0.2, -0.15) is 13.2 Å². The number of carbonyl (C=O) groups is 3. The number of hydrogen-bond donors (Lipinski definition) is 0. The first-order chi connectivity index (χ1) is 20.1. The van der Waals surface area contributed by atoms with Gasteiger partial charge in [-0.05, 0) is 53.6 Å². The fourth-order valence-electron chi connectivity index (χ4n) is 6.95. The number of Topliss-reactive ketones (excluding diaryl/α,β-unsaturated/α-hetero) is 3. The summed E-state index contributed by atoms with van der Waals surface area (Å²) in [5.41, 5.74) is -0.554. The maximum absolute atomic E-state index is 14.5. The van der Waals surface area contributed by atoms with Gasteiger partial charge in [0.05, 0.1) is 11.6 Å². The van der Waals surface area contributed by atoms with Gasteiger partial charge in [0, 0.05) is 28.3 Å². The molecular formula is C34H21F4NO3. The van der Waals surface area contributed by atoms with E-state index in [1.54, 1.807) is 53.5 Å². The Kier molecular flexibility index (Phi) is 5.63. The number of hydrogen-bond acceptors (Lipinski definition) is 4. The van der Waals surface area contributed by atoms with Crippen LogP contribution in [-0.4, -0.2) is 29.4 Å². The van der Waals surface area contributed by atoms with E-state index in [0.29, 0.717) is 5.69 Å². The maximum atomic E-state index is 14.5. The molecular weight excluding hydrogens is 546 g/mol. The van der Waals surface area contributed by atoms with Gasteiger partial charge in [-0.3, -0.25) is 14.4 Å². The molecule has 0 unspecified atom stereocenters. The Bertz CT molecular complexity index is 1770. The summed E-state index contributed by atoms with van der Waals surface area (Å²) in [5, 5.41) is 0. The molecule has 0 aromatic heterocycles. The highest BCUT2D eigenvalue weighted by Gasteiger charge is 2.71. The molecule has 4 aromatic carbocycles. The molecule has 7 rings (SSSR count). The second-order valence-corrected chi connectivity index (χ2v) is 10.8. The van der Waals surface area contributed by atoms with Crippen LogP contribution in [0.25, 0.3) is 6.08 Å². The minimum Gasteiger partial charge on any atom is -0.352 e. The number of anilines is 1. The molecule has 0 bridgehead atoms. The van der Waals surface area contributed by atoms with Crippen LogP contribution in [0.2, 0.25) is 0 Å².